The largest absolute Gasteiger partial charge is 0.367 e. The summed E-state index contributed by atoms with van der Waals surface area (Å²) in [5.41, 5.74) is 1.54. The highest BCUT2D eigenvalue weighted by atomic mass is 16.2. The molecule has 1 aromatic rings. The average Bonchev–Trinajstić information content (AvgIpc) is 2.37. The molecule has 0 aromatic carbocycles. The highest BCUT2D eigenvalue weighted by molar-refractivity contribution is 6.00. The quantitative estimate of drug-likeness (QED) is 0.692. The number of nitrogens with one attached hydrogen (secondary N) is 2. The van der Waals surface area contributed by atoms with Crippen LogP contribution in [0.25, 0.3) is 0 Å². The summed E-state index contributed by atoms with van der Waals surface area (Å²) < 4.78 is 1.79. The molecule has 2 N–H and O–H groups in total. The minimum absolute atomic E-state index is 0.154. The second kappa shape index (κ2) is 2.99. The predicted molar refractivity (Wildman–Crippen MR) is 61.3 cm³/mol. The van der Waals surface area contributed by atoms with Crippen molar-refractivity contribution in [3.05, 3.63) is 5.69 Å². The molecule has 1 amide bonds. The number of aromatic nitrogens is 2. The number of anilines is 2. The second-order valence-corrected chi connectivity index (χ2v) is 4.87. The van der Waals surface area contributed by atoms with Gasteiger partial charge in [-0.1, -0.05) is 6.42 Å². The fourth-order valence-corrected chi connectivity index (χ4v) is 2.60. The van der Waals surface area contributed by atoms with E-state index in [-0.39, 0.29) is 11.3 Å². The first-order valence-corrected chi connectivity index (χ1v) is 5.71. The zero-order chi connectivity index (χ0) is 11.3. The molecule has 1 saturated carbocycles. The SMILES string of the molecule is Cc1nn(C)c2c1NC(=O)C1(CCC1)CN2. The Morgan fingerprint density at radius 3 is 2.81 bits per heavy atom. The van der Waals surface area contributed by atoms with Gasteiger partial charge < -0.3 is 10.6 Å². The molecule has 1 aliphatic carbocycles. The first kappa shape index (κ1) is 9.69. The van der Waals surface area contributed by atoms with Crippen molar-refractivity contribution in [3.63, 3.8) is 0 Å². The van der Waals surface area contributed by atoms with Crippen molar-refractivity contribution in [3.8, 4) is 0 Å². The van der Waals surface area contributed by atoms with Gasteiger partial charge >= 0.3 is 0 Å². The lowest BCUT2D eigenvalue weighted by Crippen LogP contribution is -2.45. The Bertz CT molecular complexity index is 459. The summed E-state index contributed by atoms with van der Waals surface area (Å²) in [6.07, 6.45) is 3.14. The lowest BCUT2D eigenvalue weighted by molar-refractivity contribution is -0.129. The van der Waals surface area contributed by atoms with Crippen LogP contribution in [-0.4, -0.2) is 22.2 Å². The average molecular weight is 220 g/mol. The molecule has 1 spiro atoms. The van der Waals surface area contributed by atoms with E-state index in [4.69, 9.17) is 0 Å². The van der Waals surface area contributed by atoms with Gasteiger partial charge in [-0.25, -0.2) is 0 Å². The Morgan fingerprint density at radius 2 is 2.19 bits per heavy atom. The maximum Gasteiger partial charge on any atom is 0.232 e. The van der Waals surface area contributed by atoms with E-state index in [2.05, 4.69) is 15.7 Å². The van der Waals surface area contributed by atoms with Gasteiger partial charge in [0.15, 0.2) is 0 Å². The molecule has 0 unspecified atom stereocenters. The molecule has 1 aromatic heterocycles. The highest BCUT2D eigenvalue weighted by Crippen LogP contribution is 2.44. The molecule has 86 valence electrons. The van der Waals surface area contributed by atoms with Crippen molar-refractivity contribution in [2.75, 3.05) is 17.2 Å². The Labute approximate surface area is 94.2 Å². The summed E-state index contributed by atoms with van der Waals surface area (Å²) in [6, 6.07) is 0. The van der Waals surface area contributed by atoms with Crippen molar-refractivity contribution in [2.45, 2.75) is 26.2 Å². The third kappa shape index (κ3) is 1.11. The van der Waals surface area contributed by atoms with E-state index in [9.17, 15) is 4.79 Å². The molecular formula is C11H16N4O. The number of hydrogen-bond acceptors (Lipinski definition) is 3. The zero-order valence-corrected chi connectivity index (χ0v) is 9.63. The van der Waals surface area contributed by atoms with Crippen molar-refractivity contribution in [2.24, 2.45) is 12.5 Å². The Hall–Kier alpha value is -1.52. The Balaban J connectivity index is 2.00. The first-order chi connectivity index (χ1) is 7.62. The van der Waals surface area contributed by atoms with E-state index in [0.717, 1.165) is 43.0 Å². The maximum absolute atomic E-state index is 12.2. The normalized spacial score (nSPS) is 21.8. The highest BCUT2D eigenvalue weighted by Gasteiger charge is 2.46. The van der Waals surface area contributed by atoms with Gasteiger partial charge in [0.25, 0.3) is 0 Å². The summed E-state index contributed by atoms with van der Waals surface area (Å²) in [4.78, 5) is 12.2. The minimum atomic E-state index is -0.175. The van der Waals surface area contributed by atoms with Gasteiger partial charge in [0.1, 0.15) is 11.5 Å². The van der Waals surface area contributed by atoms with E-state index in [1.165, 1.54) is 0 Å². The van der Waals surface area contributed by atoms with Crippen LogP contribution in [-0.2, 0) is 11.8 Å². The van der Waals surface area contributed by atoms with Crippen LogP contribution in [0.15, 0.2) is 0 Å². The predicted octanol–water partition coefficient (Wildman–Crippen LogP) is 1.26. The summed E-state index contributed by atoms with van der Waals surface area (Å²) in [7, 11) is 1.89. The van der Waals surface area contributed by atoms with Crippen molar-refractivity contribution in [1.82, 2.24) is 9.78 Å². The number of rotatable bonds is 0. The van der Waals surface area contributed by atoms with Crippen LogP contribution in [0.4, 0.5) is 11.5 Å². The maximum atomic E-state index is 12.2. The Kier molecular flexibility index (Phi) is 1.81. The van der Waals surface area contributed by atoms with Crippen molar-refractivity contribution >= 4 is 17.4 Å². The van der Waals surface area contributed by atoms with Crippen LogP contribution in [0, 0.1) is 12.3 Å². The molecule has 1 aliphatic heterocycles. The standard InChI is InChI=1S/C11H16N4O/c1-7-8-9(15(2)14-7)12-6-11(4-3-5-11)10(16)13-8/h12H,3-6H2,1-2H3,(H,13,16). The van der Waals surface area contributed by atoms with Crippen molar-refractivity contribution < 1.29 is 4.79 Å². The van der Waals surface area contributed by atoms with E-state index < -0.39 is 0 Å². The van der Waals surface area contributed by atoms with Gasteiger partial charge in [0.2, 0.25) is 5.91 Å². The van der Waals surface area contributed by atoms with Gasteiger partial charge in [-0.05, 0) is 19.8 Å². The lowest BCUT2D eigenvalue weighted by atomic mass is 9.68. The molecule has 1 fully saturated rings. The number of aryl methyl sites for hydroxylation is 2. The molecule has 0 radical (unpaired) electrons. The van der Waals surface area contributed by atoms with E-state index in [1.807, 2.05) is 14.0 Å². The van der Waals surface area contributed by atoms with E-state index in [0.29, 0.717) is 0 Å². The van der Waals surface area contributed by atoms with E-state index >= 15 is 0 Å². The summed E-state index contributed by atoms with van der Waals surface area (Å²) in [5, 5.41) is 10.7. The number of carbonyl (C=O) groups excluding carboxylic acids is 1. The van der Waals surface area contributed by atoms with Gasteiger partial charge in [0.05, 0.1) is 11.1 Å². The fourth-order valence-electron chi connectivity index (χ4n) is 2.60. The first-order valence-electron chi connectivity index (χ1n) is 5.71. The number of hydrogen-bond donors (Lipinski definition) is 2. The fraction of sp³-hybridized carbons (Fsp3) is 0.636. The van der Waals surface area contributed by atoms with Crippen LogP contribution in [0.3, 0.4) is 0 Å². The topological polar surface area (TPSA) is 59.0 Å². The minimum Gasteiger partial charge on any atom is -0.367 e. The van der Waals surface area contributed by atoms with Crippen molar-refractivity contribution in [1.29, 1.82) is 0 Å². The smallest absolute Gasteiger partial charge is 0.232 e. The molecule has 16 heavy (non-hydrogen) atoms. The molecule has 5 heteroatoms. The third-order valence-corrected chi connectivity index (χ3v) is 3.85. The summed E-state index contributed by atoms with van der Waals surface area (Å²) >= 11 is 0. The van der Waals surface area contributed by atoms with E-state index in [1.54, 1.807) is 4.68 Å². The van der Waals surface area contributed by atoms with Gasteiger partial charge in [-0.15, -0.1) is 0 Å². The van der Waals surface area contributed by atoms with Gasteiger partial charge in [-0.3, -0.25) is 9.48 Å². The van der Waals surface area contributed by atoms with Crippen LogP contribution in [0.2, 0.25) is 0 Å². The second-order valence-electron chi connectivity index (χ2n) is 4.87. The van der Waals surface area contributed by atoms with Crippen LogP contribution < -0.4 is 10.6 Å². The van der Waals surface area contributed by atoms with Crippen LogP contribution in [0.1, 0.15) is 25.0 Å². The summed E-state index contributed by atoms with van der Waals surface area (Å²) in [5.74, 6) is 1.08. The van der Waals surface area contributed by atoms with Crippen LogP contribution >= 0.6 is 0 Å². The number of carbonyl (C=O) groups is 1. The van der Waals surface area contributed by atoms with Gasteiger partial charge in [-0.2, -0.15) is 5.10 Å². The van der Waals surface area contributed by atoms with Crippen LogP contribution in [0.5, 0.6) is 0 Å². The molecule has 3 rings (SSSR count). The lowest BCUT2D eigenvalue weighted by Gasteiger charge is -2.38. The Morgan fingerprint density at radius 1 is 1.44 bits per heavy atom. The molecule has 2 heterocycles. The third-order valence-electron chi connectivity index (χ3n) is 3.85. The molecule has 2 aliphatic rings. The zero-order valence-electron chi connectivity index (χ0n) is 9.63. The number of fused-ring (bicyclic) bond motifs is 1. The molecule has 5 nitrogen and oxygen atoms in total. The molecular weight excluding hydrogens is 204 g/mol. The molecule has 0 atom stereocenters. The summed E-state index contributed by atoms with van der Waals surface area (Å²) in [6.45, 7) is 2.64. The number of nitrogens with zero attached hydrogens (tertiary/aromatic N) is 2. The monoisotopic (exact) mass is 220 g/mol. The molecule has 0 saturated heterocycles. The number of amides is 1. The van der Waals surface area contributed by atoms with Gasteiger partial charge in [0, 0.05) is 13.6 Å². The molecule has 0 bridgehead atoms.